The van der Waals surface area contributed by atoms with E-state index in [0.717, 1.165) is 0 Å². The number of hydrogen-bond donors (Lipinski definition) is 3. The van der Waals surface area contributed by atoms with Crippen LogP contribution in [0.25, 0.3) is 0 Å². The third kappa shape index (κ3) is 5.03. The highest BCUT2D eigenvalue weighted by Crippen LogP contribution is 2.06. The van der Waals surface area contributed by atoms with E-state index in [1.807, 2.05) is 0 Å². The summed E-state index contributed by atoms with van der Waals surface area (Å²) >= 11 is 0. The number of amides is 3. The lowest BCUT2D eigenvalue weighted by atomic mass is 10.1. The smallest absolute Gasteiger partial charge is 0.318 e. The summed E-state index contributed by atoms with van der Waals surface area (Å²) in [6, 6.07) is -0.678. The first-order chi connectivity index (χ1) is 8.08. The molecule has 0 unspecified atom stereocenters. The minimum atomic E-state index is -1.17. The first kappa shape index (κ1) is 16.2. The number of carbonyl (C=O) groups is 3. The molecule has 0 saturated carbocycles. The Hall–Kier alpha value is -1.79. The zero-order valence-electron chi connectivity index (χ0n) is 11.2. The maximum Gasteiger partial charge on any atom is 0.318 e. The standard InChI is InChI=1S/C11H21N3O4/c1-7(2)14(6-5-8(15)16)10(18)13-11(3,4)9(12)17/h7H,5-6H2,1-4H3,(H2,12,17)(H,13,18)(H,15,16). The molecule has 0 bridgehead atoms. The van der Waals surface area contributed by atoms with Gasteiger partial charge in [0.2, 0.25) is 5.91 Å². The number of primary amides is 1. The number of urea groups is 1. The monoisotopic (exact) mass is 259 g/mol. The molecule has 18 heavy (non-hydrogen) atoms. The van der Waals surface area contributed by atoms with E-state index in [2.05, 4.69) is 5.32 Å². The number of carboxylic acid groups (broad SMARTS) is 1. The molecule has 104 valence electrons. The molecule has 0 aliphatic heterocycles. The molecule has 0 aromatic heterocycles. The van der Waals surface area contributed by atoms with Crippen molar-refractivity contribution >= 4 is 17.9 Å². The molecule has 0 saturated heterocycles. The normalized spacial score (nSPS) is 11.2. The molecule has 0 radical (unpaired) electrons. The van der Waals surface area contributed by atoms with Crippen molar-refractivity contribution in [2.75, 3.05) is 6.54 Å². The van der Waals surface area contributed by atoms with Crippen LogP contribution in [0.4, 0.5) is 4.79 Å². The lowest BCUT2D eigenvalue weighted by Crippen LogP contribution is -2.57. The van der Waals surface area contributed by atoms with Crippen molar-refractivity contribution < 1.29 is 19.5 Å². The van der Waals surface area contributed by atoms with Gasteiger partial charge in [-0.25, -0.2) is 4.79 Å². The van der Waals surface area contributed by atoms with Gasteiger partial charge in [0.25, 0.3) is 0 Å². The van der Waals surface area contributed by atoms with Crippen LogP contribution in [0.1, 0.15) is 34.1 Å². The van der Waals surface area contributed by atoms with Gasteiger partial charge in [-0.05, 0) is 27.7 Å². The van der Waals surface area contributed by atoms with Crippen LogP contribution in [0.3, 0.4) is 0 Å². The lowest BCUT2D eigenvalue weighted by Gasteiger charge is -2.31. The molecule has 0 heterocycles. The second-order valence-electron chi connectivity index (χ2n) is 4.85. The minimum absolute atomic E-state index is 0.0771. The van der Waals surface area contributed by atoms with E-state index in [1.165, 1.54) is 18.7 Å². The van der Waals surface area contributed by atoms with Crippen LogP contribution in [0.15, 0.2) is 0 Å². The number of aliphatic carboxylic acids is 1. The second-order valence-corrected chi connectivity index (χ2v) is 4.85. The second kappa shape index (κ2) is 6.23. The van der Waals surface area contributed by atoms with Crippen molar-refractivity contribution in [3.63, 3.8) is 0 Å². The molecule has 4 N–H and O–H groups in total. The Bertz CT molecular complexity index is 339. The Morgan fingerprint density at radius 2 is 1.83 bits per heavy atom. The molecule has 0 rings (SSSR count). The lowest BCUT2D eigenvalue weighted by molar-refractivity contribution is -0.137. The fraction of sp³-hybridized carbons (Fsp3) is 0.727. The Morgan fingerprint density at radius 3 is 2.17 bits per heavy atom. The molecular weight excluding hydrogens is 238 g/mol. The van der Waals surface area contributed by atoms with Gasteiger partial charge < -0.3 is 21.1 Å². The fourth-order valence-electron chi connectivity index (χ4n) is 1.21. The fourth-order valence-corrected chi connectivity index (χ4v) is 1.21. The third-order valence-corrected chi connectivity index (χ3v) is 2.49. The van der Waals surface area contributed by atoms with Crippen molar-refractivity contribution in [1.29, 1.82) is 0 Å². The predicted octanol–water partition coefficient (Wildman–Crippen LogP) is 0.145. The van der Waals surface area contributed by atoms with Gasteiger partial charge in [-0.2, -0.15) is 0 Å². The first-order valence-electron chi connectivity index (χ1n) is 5.68. The van der Waals surface area contributed by atoms with Crippen LogP contribution < -0.4 is 11.1 Å². The highest BCUT2D eigenvalue weighted by molar-refractivity contribution is 5.89. The van der Waals surface area contributed by atoms with Gasteiger partial charge in [0.05, 0.1) is 6.42 Å². The highest BCUT2D eigenvalue weighted by Gasteiger charge is 2.29. The maximum atomic E-state index is 11.9. The Labute approximate surface area is 106 Å². The van der Waals surface area contributed by atoms with E-state index in [0.29, 0.717) is 0 Å². The molecule has 0 aromatic rings. The van der Waals surface area contributed by atoms with Gasteiger partial charge in [-0.3, -0.25) is 9.59 Å². The largest absolute Gasteiger partial charge is 0.481 e. The molecule has 7 nitrogen and oxygen atoms in total. The average Bonchev–Trinajstić information content (AvgIpc) is 2.15. The summed E-state index contributed by atoms with van der Waals surface area (Å²) in [5, 5.41) is 11.1. The highest BCUT2D eigenvalue weighted by atomic mass is 16.4. The quantitative estimate of drug-likeness (QED) is 0.630. The van der Waals surface area contributed by atoms with Crippen LogP contribution in [0, 0.1) is 0 Å². The van der Waals surface area contributed by atoms with Crippen LogP contribution >= 0.6 is 0 Å². The van der Waals surface area contributed by atoms with E-state index in [4.69, 9.17) is 10.8 Å². The van der Waals surface area contributed by atoms with Crippen molar-refractivity contribution in [2.45, 2.75) is 45.7 Å². The molecule has 7 heteroatoms. The predicted molar refractivity (Wildman–Crippen MR) is 65.9 cm³/mol. The van der Waals surface area contributed by atoms with Crippen molar-refractivity contribution in [3.8, 4) is 0 Å². The van der Waals surface area contributed by atoms with Crippen LogP contribution in [-0.4, -0.2) is 46.0 Å². The summed E-state index contributed by atoms with van der Waals surface area (Å²) in [5.41, 5.74) is 3.98. The van der Waals surface area contributed by atoms with Gasteiger partial charge in [0, 0.05) is 12.6 Å². The topological polar surface area (TPSA) is 113 Å². The van der Waals surface area contributed by atoms with Gasteiger partial charge >= 0.3 is 12.0 Å². The van der Waals surface area contributed by atoms with Crippen molar-refractivity contribution in [3.05, 3.63) is 0 Å². The van der Waals surface area contributed by atoms with E-state index < -0.39 is 23.4 Å². The summed E-state index contributed by atoms with van der Waals surface area (Å²) in [6.45, 7) is 6.58. The van der Waals surface area contributed by atoms with E-state index in [1.54, 1.807) is 13.8 Å². The van der Waals surface area contributed by atoms with E-state index in [-0.39, 0.29) is 19.0 Å². The number of nitrogens with two attached hydrogens (primary N) is 1. The average molecular weight is 259 g/mol. The van der Waals surface area contributed by atoms with Gasteiger partial charge in [-0.1, -0.05) is 0 Å². The molecule has 0 atom stereocenters. The number of rotatable bonds is 6. The van der Waals surface area contributed by atoms with E-state index >= 15 is 0 Å². The molecule has 0 aliphatic carbocycles. The van der Waals surface area contributed by atoms with Crippen LogP contribution in [0.2, 0.25) is 0 Å². The zero-order valence-corrected chi connectivity index (χ0v) is 11.2. The molecular formula is C11H21N3O4. The number of carboxylic acids is 1. The summed E-state index contributed by atoms with van der Waals surface area (Å²) in [7, 11) is 0. The van der Waals surface area contributed by atoms with Crippen LogP contribution in [-0.2, 0) is 9.59 Å². The summed E-state index contributed by atoms with van der Waals surface area (Å²) in [5.74, 6) is -1.64. The molecule has 0 aromatic carbocycles. The van der Waals surface area contributed by atoms with Gasteiger partial charge in [0.15, 0.2) is 0 Å². The molecule has 0 spiro atoms. The molecule has 3 amide bonds. The van der Waals surface area contributed by atoms with Gasteiger partial charge in [0.1, 0.15) is 5.54 Å². The number of nitrogens with one attached hydrogen (secondary N) is 1. The maximum absolute atomic E-state index is 11.9. The summed E-state index contributed by atoms with van der Waals surface area (Å²) in [4.78, 5) is 34.9. The minimum Gasteiger partial charge on any atom is -0.481 e. The Morgan fingerprint density at radius 1 is 1.33 bits per heavy atom. The van der Waals surface area contributed by atoms with Crippen molar-refractivity contribution in [1.82, 2.24) is 10.2 Å². The number of nitrogens with zero attached hydrogens (tertiary/aromatic N) is 1. The van der Waals surface area contributed by atoms with Gasteiger partial charge in [-0.15, -0.1) is 0 Å². The summed E-state index contributed by atoms with van der Waals surface area (Å²) < 4.78 is 0. The SMILES string of the molecule is CC(C)N(CCC(=O)O)C(=O)NC(C)(C)C(N)=O. The van der Waals surface area contributed by atoms with Crippen LogP contribution in [0.5, 0.6) is 0 Å². The summed E-state index contributed by atoms with van der Waals surface area (Å²) in [6.07, 6.45) is -0.150. The first-order valence-corrected chi connectivity index (χ1v) is 5.68. The van der Waals surface area contributed by atoms with Crippen molar-refractivity contribution in [2.24, 2.45) is 5.73 Å². The Balaban J connectivity index is 4.68. The van der Waals surface area contributed by atoms with E-state index in [9.17, 15) is 14.4 Å². The number of carbonyl (C=O) groups excluding carboxylic acids is 2. The molecule has 0 fully saturated rings. The zero-order chi connectivity index (χ0) is 14.5. The molecule has 0 aliphatic rings. The third-order valence-electron chi connectivity index (χ3n) is 2.49. The number of hydrogen-bond acceptors (Lipinski definition) is 3. The Kier molecular flexibility index (Phi) is 5.61.